The van der Waals surface area contributed by atoms with E-state index < -0.39 is 23.2 Å². The highest BCUT2D eigenvalue weighted by Crippen LogP contribution is 2.26. The summed E-state index contributed by atoms with van der Waals surface area (Å²) in [6.07, 6.45) is -2.35. The molecule has 0 saturated heterocycles. The molecule has 0 aliphatic heterocycles. The lowest BCUT2D eigenvalue weighted by Crippen LogP contribution is -2.43. The number of nitro groups is 1. The maximum absolute atomic E-state index is 10.8. The van der Waals surface area contributed by atoms with Crippen molar-refractivity contribution in [3.63, 3.8) is 0 Å². The minimum atomic E-state index is -1.11. The zero-order valence-electron chi connectivity index (χ0n) is 18.9. The van der Waals surface area contributed by atoms with Crippen LogP contribution in [-0.4, -0.2) is 52.1 Å². The van der Waals surface area contributed by atoms with E-state index in [-0.39, 0.29) is 31.5 Å². The van der Waals surface area contributed by atoms with Gasteiger partial charge in [0.15, 0.2) is 0 Å². The molecule has 0 saturated carbocycles. The number of aliphatic hydroxyl groups excluding tert-OH is 3. The summed E-state index contributed by atoms with van der Waals surface area (Å²) >= 11 is 0. The third-order valence-corrected chi connectivity index (χ3v) is 5.58. The number of nitrogens with one attached hydrogen (secondary N) is 1. The molecular weight excluding hydrogens is 436 g/mol. The normalized spacial score (nSPS) is 14.8. The number of nitrogens with zero attached hydrogens (tertiary/aromatic N) is 1. The van der Waals surface area contributed by atoms with Crippen molar-refractivity contribution in [3.05, 3.63) is 111 Å². The van der Waals surface area contributed by atoms with Gasteiger partial charge in [-0.05, 0) is 35.7 Å². The molecule has 3 aromatic rings. The molecule has 0 amide bonds. The van der Waals surface area contributed by atoms with E-state index in [1.165, 1.54) is 24.3 Å². The van der Waals surface area contributed by atoms with Crippen LogP contribution in [0.5, 0.6) is 0 Å². The number of aliphatic hydroxyl groups is 3. The van der Waals surface area contributed by atoms with Crippen LogP contribution in [0.4, 0.5) is 5.69 Å². The van der Waals surface area contributed by atoms with Crippen molar-refractivity contribution in [2.75, 3.05) is 19.8 Å². The summed E-state index contributed by atoms with van der Waals surface area (Å²) in [5.41, 5.74) is 3.42. The van der Waals surface area contributed by atoms with Gasteiger partial charge in [0.05, 0.1) is 36.4 Å². The van der Waals surface area contributed by atoms with Crippen LogP contribution < -0.4 is 5.32 Å². The number of ether oxygens (including phenoxy) is 1. The van der Waals surface area contributed by atoms with Gasteiger partial charge in [0.25, 0.3) is 5.69 Å². The first-order chi connectivity index (χ1) is 16.4. The van der Waals surface area contributed by atoms with Crippen molar-refractivity contribution in [3.8, 4) is 0 Å². The molecule has 0 spiro atoms. The molecule has 0 aliphatic carbocycles. The van der Waals surface area contributed by atoms with Gasteiger partial charge < -0.3 is 25.4 Å². The van der Waals surface area contributed by atoms with Crippen molar-refractivity contribution in [1.82, 2.24) is 5.32 Å². The molecule has 3 aromatic carbocycles. The molecule has 0 aliphatic rings. The van der Waals surface area contributed by atoms with Gasteiger partial charge >= 0.3 is 0 Å². The number of hydrogen-bond acceptors (Lipinski definition) is 7. The van der Waals surface area contributed by atoms with Gasteiger partial charge in [-0.15, -0.1) is 0 Å². The lowest BCUT2D eigenvalue weighted by atomic mass is 10.0. The van der Waals surface area contributed by atoms with E-state index in [4.69, 9.17) is 4.74 Å². The molecule has 0 unspecified atom stereocenters. The Bertz CT molecular complexity index is 1030. The zero-order chi connectivity index (χ0) is 24.5. The van der Waals surface area contributed by atoms with E-state index in [1.807, 2.05) is 61.5 Å². The molecule has 0 heterocycles. The number of rotatable bonds is 12. The first kappa shape index (κ1) is 25.5. The average molecular weight is 467 g/mol. The summed E-state index contributed by atoms with van der Waals surface area (Å²) < 4.78 is 6.08. The minimum absolute atomic E-state index is 0.0339. The average Bonchev–Trinajstić information content (AvgIpc) is 2.86. The minimum Gasteiger partial charge on any atom is -0.395 e. The van der Waals surface area contributed by atoms with E-state index in [2.05, 4.69) is 5.32 Å². The third kappa shape index (κ3) is 6.93. The van der Waals surface area contributed by atoms with Gasteiger partial charge in [0.2, 0.25) is 0 Å². The number of nitro benzene ring substituents is 1. The van der Waals surface area contributed by atoms with Gasteiger partial charge in [-0.2, -0.15) is 0 Å². The Morgan fingerprint density at radius 1 is 0.912 bits per heavy atom. The summed E-state index contributed by atoms with van der Waals surface area (Å²) in [6, 6.07) is 22.5. The molecule has 180 valence electrons. The van der Waals surface area contributed by atoms with Crippen LogP contribution in [0.25, 0.3) is 0 Å². The van der Waals surface area contributed by atoms with E-state index in [9.17, 15) is 25.4 Å². The van der Waals surface area contributed by atoms with Gasteiger partial charge in [0.1, 0.15) is 6.10 Å². The van der Waals surface area contributed by atoms with Gasteiger partial charge in [-0.25, -0.2) is 0 Å². The molecule has 4 atom stereocenters. The first-order valence-corrected chi connectivity index (χ1v) is 11.1. The van der Waals surface area contributed by atoms with Crippen LogP contribution in [0.3, 0.4) is 0 Å². The molecule has 0 aromatic heterocycles. The third-order valence-electron chi connectivity index (χ3n) is 5.58. The molecular formula is C26H30N2O6. The monoisotopic (exact) mass is 466 g/mol. The predicted molar refractivity (Wildman–Crippen MR) is 128 cm³/mol. The van der Waals surface area contributed by atoms with Crippen molar-refractivity contribution in [1.29, 1.82) is 0 Å². The Morgan fingerprint density at radius 3 is 2.09 bits per heavy atom. The molecule has 0 radical (unpaired) electrons. The Labute approximate surface area is 198 Å². The van der Waals surface area contributed by atoms with E-state index in [0.717, 1.165) is 16.7 Å². The number of non-ortho nitro benzene ring substituents is 1. The van der Waals surface area contributed by atoms with Gasteiger partial charge in [-0.1, -0.05) is 60.2 Å². The first-order valence-electron chi connectivity index (χ1n) is 11.1. The summed E-state index contributed by atoms with van der Waals surface area (Å²) in [4.78, 5) is 10.3. The number of hydrogen-bond donors (Lipinski definition) is 4. The van der Waals surface area contributed by atoms with E-state index in [1.54, 1.807) is 0 Å². The Morgan fingerprint density at radius 2 is 1.50 bits per heavy atom. The molecule has 8 heteroatoms. The smallest absolute Gasteiger partial charge is 0.269 e. The Kier molecular flexibility index (Phi) is 9.26. The summed E-state index contributed by atoms with van der Waals surface area (Å²) in [6.45, 7) is 1.74. The van der Waals surface area contributed by atoms with Crippen molar-refractivity contribution in [2.45, 2.75) is 31.3 Å². The van der Waals surface area contributed by atoms with Crippen LogP contribution in [0, 0.1) is 17.0 Å². The molecule has 8 nitrogen and oxygen atoms in total. The predicted octanol–water partition coefficient (Wildman–Crippen LogP) is 3.05. The van der Waals surface area contributed by atoms with Crippen molar-refractivity contribution >= 4 is 5.69 Å². The molecule has 0 bridgehead atoms. The molecule has 0 fully saturated rings. The lowest BCUT2D eigenvalue weighted by Gasteiger charge is -2.25. The van der Waals surface area contributed by atoms with E-state index >= 15 is 0 Å². The van der Waals surface area contributed by atoms with Crippen LogP contribution in [0.2, 0.25) is 0 Å². The lowest BCUT2D eigenvalue weighted by molar-refractivity contribution is -0.384. The molecule has 3 rings (SSSR count). The van der Waals surface area contributed by atoms with Gasteiger partial charge in [0, 0.05) is 18.7 Å². The summed E-state index contributed by atoms with van der Waals surface area (Å²) in [5.74, 6) is 0. The Hall–Kier alpha value is -3.14. The SMILES string of the molecule is Cc1ccc([C@H](OC[C@H](O)CN[C@@H](CO)[C@@H](O)c2ccc([N+](=O)[O-])cc2)c2ccccc2)cc1. The highest BCUT2D eigenvalue weighted by molar-refractivity contribution is 5.34. The van der Waals surface area contributed by atoms with Crippen molar-refractivity contribution < 1.29 is 25.0 Å². The van der Waals surface area contributed by atoms with Crippen LogP contribution in [-0.2, 0) is 4.74 Å². The fourth-order valence-electron chi connectivity index (χ4n) is 3.61. The van der Waals surface area contributed by atoms with Crippen LogP contribution in [0.1, 0.15) is 34.5 Å². The maximum Gasteiger partial charge on any atom is 0.269 e. The van der Waals surface area contributed by atoms with E-state index in [0.29, 0.717) is 5.56 Å². The second-order valence-electron chi connectivity index (χ2n) is 8.18. The largest absolute Gasteiger partial charge is 0.395 e. The fourth-order valence-corrected chi connectivity index (χ4v) is 3.61. The topological polar surface area (TPSA) is 125 Å². The van der Waals surface area contributed by atoms with Crippen molar-refractivity contribution in [2.24, 2.45) is 0 Å². The second kappa shape index (κ2) is 12.4. The highest BCUT2D eigenvalue weighted by Gasteiger charge is 2.22. The number of aryl methyl sites for hydroxylation is 1. The number of benzene rings is 3. The fraction of sp³-hybridized carbons (Fsp3) is 0.308. The molecule has 34 heavy (non-hydrogen) atoms. The Balaban J connectivity index is 1.59. The zero-order valence-corrected chi connectivity index (χ0v) is 18.9. The summed E-state index contributed by atoms with van der Waals surface area (Å²) in [7, 11) is 0. The highest BCUT2D eigenvalue weighted by atomic mass is 16.6. The quantitative estimate of drug-likeness (QED) is 0.239. The van der Waals surface area contributed by atoms with Crippen LogP contribution >= 0.6 is 0 Å². The summed E-state index contributed by atoms with van der Waals surface area (Å²) in [5, 5.41) is 44.5. The van der Waals surface area contributed by atoms with Crippen LogP contribution in [0.15, 0.2) is 78.9 Å². The standard InChI is InChI=1S/C26H30N2O6/c1-18-7-9-21(10-8-18)26(20-5-3-2-4-6-20)34-17-23(30)15-27-24(16-29)25(31)19-11-13-22(14-12-19)28(32)33/h2-14,23-27,29-31H,15-17H2,1H3/t23-,24+,25+,26-/m1/s1. The molecule has 4 N–H and O–H groups in total. The maximum atomic E-state index is 10.8. The second-order valence-corrected chi connectivity index (χ2v) is 8.18. The van der Waals surface area contributed by atoms with Gasteiger partial charge in [-0.3, -0.25) is 10.1 Å².